The Morgan fingerprint density at radius 3 is 2.93 bits per heavy atom. The van der Waals surface area contributed by atoms with Crippen LogP contribution in [-0.4, -0.2) is 19.3 Å². The molecular weight excluding hydrogens is 193 g/mol. The van der Waals surface area contributed by atoms with Crippen LogP contribution in [0.5, 0.6) is 0 Å². The Bertz CT molecular complexity index is 329. The SMILES string of the molecule is N[C@@H]1CCOC[C@@H]1Cc1ccccc1F. The quantitative estimate of drug-likeness (QED) is 0.805. The smallest absolute Gasteiger partial charge is 0.126 e. The topological polar surface area (TPSA) is 35.2 Å². The van der Waals surface area contributed by atoms with E-state index < -0.39 is 0 Å². The number of ether oxygens (including phenoxy) is 1. The lowest BCUT2D eigenvalue weighted by Crippen LogP contribution is -2.39. The summed E-state index contributed by atoms with van der Waals surface area (Å²) in [4.78, 5) is 0. The highest BCUT2D eigenvalue weighted by molar-refractivity contribution is 5.18. The van der Waals surface area contributed by atoms with Crippen LogP contribution < -0.4 is 5.73 Å². The molecule has 0 aliphatic carbocycles. The third-order valence-electron chi connectivity index (χ3n) is 2.97. The number of halogens is 1. The van der Waals surface area contributed by atoms with Crippen LogP contribution in [0.15, 0.2) is 24.3 Å². The molecule has 1 aromatic rings. The molecule has 82 valence electrons. The highest BCUT2D eigenvalue weighted by Crippen LogP contribution is 2.19. The van der Waals surface area contributed by atoms with Crippen molar-refractivity contribution < 1.29 is 9.13 Å². The fourth-order valence-electron chi connectivity index (χ4n) is 1.97. The van der Waals surface area contributed by atoms with E-state index in [2.05, 4.69) is 0 Å². The summed E-state index contributed by atoms with van der Waals surface area (Å²) in [6.07, 6.45) is 1.55. The molecular formula is C12H16FNO. The first-order valence-electron chi connectivity index (χ1n) is 5.34. The van der Waals surface area contributed by atoms with Gasteiger partial charge in [-0.1, -0.05) is 18.2 Å². The molecule has 0 amide bonds. The predicted molar refractivity (Wildman–Crippen MR) is 57.0 cm³/mol. The van der Waals surface area contributed by atoms with Gasteiger partial charge in [0.2, 0.25) is 0 Å². The highest BCUT2D eigenvalue weighted by atomic mass is 19.1. The maximum atomic E-state index is 13.4. The molecule has 0 unspecified atom stereocenters. The molecule has 0 bridgehead atoms. The standard InChI is InChI=1S/C12H16FNO/c13-11-4-2-1-3-9(11)7-10-8-15-6-5-12(10)14/h1-4,10,12H,5-8,14H2/t10-,12+/m0/s1. The van der Waals surface area contributed by atoms with Crippen molar-refractivity contribution in [2.75, 3.05) is 13.2 Å². The van der Waals surface area contributed by atoms with Gasteiger partial charge in [-0.05, 0) is 24.5 Å². The Labute approximate surface area is 89.2 Å². The molecule has 2 N–H and O–H groups in total. The summed E-state index contributed by atoms with van der Waals surface area (Å²) >= 11 is 0. The zero-order valence-electron chi connectivity index (χ0n) is 8.66. The number of nitrogens with two attached hydrogens (primary N) is 1. The van der Waals surface area contributed by atoms with Crippen molar-refractivity contribution >= 4 is 0 Å². The predicted octanol–water partition coefficient (Wildman–Crippen LogP) is 1.73. The Morgan fingerprint density at radius 2 is 2.20 bits per heavy atom. The van der Waals surface area contributed by atoms with Gasteiger partial charge >= 0.3 is 0 Å². The van der Waals surface area contributed by atoms with Crippen LogP contribution in [0.1, 0.15) is 12.0 Å². The van der Waals surface area contributed by atoms with E-state index in [0.717, 1.165) is 18.6 Å². The van der Waals surface area contributed by atoms with Gasteiger partial charge in [-0.2, -0.15) is 0 Å². The number of rotatable bonds is 2. The largest absolute Gasteiger partial charge is 0.381 e. The van der Waals surface area contributed by atoms with Crippen LogP contribution in [0.3, 0.4) is 0 Å². The molecule has 1 fully saturated rings. The lowest BCUT2D eigenvalue weighted by Gasteiger charge is -2.28. The summed E-state index contributed by atoms with van der Waals surface area (Å²) < 4.78 is 18.8. The molecule has 2 rings (SSSR count). The van der Waals surface area contributed by atoms with Gasteiger partial charge in [0.15, 0.2) is 0 Å². The summed E-state index contributed by atoms with van der Waals surface area (Å²) in [5.41, 5.74) is 6.71. The van der Waals surface area contributed by atoms with Crippen molar-refractivity contribution in [2.45, 2.75) is 18.9 Å². The maximum Gasteiger partial charge on any atom is 0.126 e. The van der Waals surface area contributed by atoms with Crippen LogP contribution in [0.4, 0.5) is 4.39 Å². The van der Waals surface area contributed by atoms with Crippen molar-refractivity contribution in [3.8, 4) is 0 Å². The fraction of sp³-hybridized carbons (Fsp3) is 0.500. The van der Waals surface area contributed by atoms with Gasteiger partial charge in [-0.3, -0.25) is 0 Å². The summed E-state index contributed by atoms with van der Waals surface area (Å²) in [7, 11) is 0. The van der Waals surface area contributed by atoms with E-state index in [9.17, 15) is 4.39 Å². The van der Waals surface area contributed by atoms with Crippen molar-refractivity contribution in [3.63, 3.8) is 0 Å². The molecule has 2 nitrogen and oxygen atoms in total. The fourth-order valence-corrected chi connectivity index (χ4v) is 1.97. The van der Waals surface area contributed by atoms with E-state index in [1.807, 2.05) is 12.1 Å². The lowest BCUT2D eigenvalue weighted by atomic mass is 9.90. The van der Waals surface area contributed by atoms with E-state index in [0.29, 0.717) is 13.0 Å². The van der Waals surface area contributed by atoms with Gasteiger partial charge in [0.05, 0.1) is 6.61 Å². The summed E-state index contributed by atoms with van der Waals surface area (Å²) in [5, 5.41) is 0. The molecule has 1 aliphatic rings. The number of hydrogen-bond donors (Lipinski definition) is 1. The van der Waals surface area contributed by atoms with Gasteiger partial charge in [0.25, 0.3) is 0 Å². The van der Waals surface area contributed by atoms with Crippen LogP contribution in [0.2, 0.25) is 0 Å². The molecule has 2 atom stereocenters. The molecule has 0 radical (unpaired) electrons. The van der Waals surface area contributed by atoms with E-state index in [1.54, 1.807) is 6.07 Å². The van der Waals surface area contributed by atoms with Crippen molar-refractivity contribution in [1.82, 2.24) is 0 Å². The zero-order chi connectivity index (χ0) is 10.7. The Hall–Kier alpha value is -0.930. The lowest BCUT2D eigenvalue weighted by molar-refractivity contribution is 0.0419. The molecule has 1 aromatic carbocycles. The van der Waals surface area contributed by atoms with E-state index in [4.69, 9.17) is 10.5 Å². The Balaban J connectivity index is 2.04. The summed E-state index contributed by atoms with van der Waals surface area (Å²) in [6.45, 7) is 1.38. The third kappa shape index (κ3) is 2.55. The van der Waals surface area contributed by atoms with E-state index in [-0.39, 0.29) is 17.8 Å². The Morgan fingerprint density at radius 1 is 1.40 bits per heavy atom. The van der Waals surface area contributed by atoms with Crippen molar-refractivity contribution in [3.05, 3.63) is 35.6 Å². The molecule has 0 spiro atoms. The molecule has 1 heterocycles. The molecule has 15 heavy (non-hydrogen) atoms. The second-order valence-corrected chi connectivity index (χ2v) is 4.08. The average Bonchev–Trinajstić information content (AvgIpc) is 2.24. The minimum Gasteiger partial charge on any atom is -0.381 e. The Kier molecular flexibility index (Phi) is 3.34. The van der Waals surface area contributed by atoms with Crippen LogP contribution in [0.25, 0.3) is 0 Å². The molecule has 0 saturated carbocycles. The monoisotopic (exact) mass is 209 g/mol. The molecule has 0 aromatic heterocycles. The first-order valence-corrected chi connectivity index (χ1v) is 5.34. The van der Waals surface area contributed by atoms with Crippen LogP contribution >= 0.6 is 0 Å². The molecule has 1 aliphatic heterocycles. The molecule has 1 saturated heterocycles. The summed E-state index contributed by atoms with van der Waals surface area (Å²) in [5.74, 6) is 0.103. The van der Waals surface area contributed by atoms with Gasteiger partial charge in [-0.15, -0.1) is 0 Å². The zero-order valence-corrected chi connectivity index (χ0v) is 8.66. The minimum absolute atomic E-state index is 0.137. The first kappa shape index (κ1) is 10.6. The first-order chi connectivity index (χ1) is 7.27. The number of benzene rings is 1. The van der Waals surface area contributed by atoms with E-state index in [1.165, 1.54) is 6.07 Å². The van der Waals surface area contributed by atoms with Gasteiger partial charge in [0.1, 0.15) is 5.82 Å². The second kappa shape index (κ2) is 4.73. The van der Waals surface area contributed by atoms with Crippen LogP contribution in [-0.2, 0) is 11.2 Å². The van der Waals surface area contributed by atoms with Gasteiger partial charge < -0.3 is 10.5 Å². The maximum absolute atomic E-state index is 13.4. The van der Waals surface area contributed by atoms with Gasteiger partial charge in [-0.25, -0.2) is 4.39 Å². The van der Waals surface area contributed by atoms with Gasteiger partial charge in [0, 0.05) is 18.6 Å². The normalized spacial score (nSPS) is 26.5. The number of hydrogen-bond acceptors (Lipinski definition) is 2. The molecule has 3 heteroatoms. The summed E-state index contributed by atoms with van der Waals surface area (Å²) in [6, 6.07) is 7.00. The second-order valence-electron chi connectivity index (χ2n) is 4.08. The third-order valence-corrected chi connectivity index (χ3v) is 2.97. The van der Waals surface area contributed by atoms with Crippen molar-refractivity contribution in [1.29, 1.82) is 0 Å². The highest BCUT2D eigenvalue weighted by Gasteiger charge is 2.23. The van der Waals surface area contributed by atoms with E-state index >= 15 is 0 Å². The van der Waals surface area contributed by atoms with Crippen molar-refractivity contribution in [2.24, 2.45) is 11.7 Å². The van der Waals surface area contributed by atoms with Crippen LogP contribution in [0, 0.1) is 11.7 Å². The minimum atomic E-state index is -0.143. The average molecular weight is 209 g/mol.